The minimum absolute atomic E-state index is 0.133. The number of anilines is 1. The maximum atomic E-state index is 12.1. The summed E-state index contributed by atoms with van der Waals surface area (Å²) in [7, 11) is 0. The zero-order valence-electron chi connectivity index (χ0n) is 17.0. The second-order valence-corrected chi connectivity index (χ2v) is 8.84. The first-order valence-corrected chi connectivity index (χ1v) is 11.6. The molecule has 0 aliphatic rings. The number of ether oxygens (including phenoxy) is 1. The lowest BCUT2D eigenvalue weighted by molar-refractivity contribution is -0.144. The highest BCUT2D eigenvalue weighted by Gasteiger charge is 2.12. The summed E-state index contributed by atoms with van der Waals surface area (Å²) in [5.41, 5.74) is 1.93. The Kier molecular flexibility index (Phi) is 7.94. The van der Waals surface area contributed by atoms with Crippen molar-refractivity contribution in [3.8, 4) is 0 Å². The minimum Gasteiger partial charge on any atom is -0.455 e. The number of thioether (sulfide) groups is 1. The Labute approximate surface area is 189 Å². The molecule has 0 saturated heterocycles. The monoisotopic (exact) mass is 485 g/mol. The molecule has 0 heterocycles. The molecule has 0 spiro atoms. The van der Waals surface area contributed by atoms with Gasteiger partial charge in [0.05, 0.1) is 5.75 Å². The van der Waals surface area contributed by atoms with Gasteiger partial charge in [0.1, 0.15) is 0 Å². The van der Waals surface area contributed by atoms with Crippen molar-refractivity contribution in [3.05, 3.63) is 70.7 Å². The second kappa shape index (κ2) is 10.6. The molecule has 0 unspecified atom stereocenters. The summed E-state index contributed by atoms with van der Waals surface area (Å²) >= 11 is 4.99. The summed E-state index contributed by atoms with van der Waals surface area (Å²) in [6, 6.07) is 19.8. The average molecular weight is 486 g/mol. The van der Waals surface area contributed by atoms with E-state index in [1.54, 1.807) is 0 Å². The van der Waals surface area contributed by atoms with E-state index in [-0.39, 0.29) is 18.3 Å². The smallest absolute Gasteiger partial charge is 0.316 e. The molecule has 0 bridgehead atoms. The van der Waals surface area contributed by atoms with Gasteiger partial charge in [-0.3, -0.25) is 9.59 Å². The highest BCUT2D eigenvalue weighted by Crippen LogP contribution is 2.34. The molecular weight excluding hydrogens is 462 g/mol. The minimum atomic E-state index is -0.428. The van der Waals surface area contributed by atoms with E-state index in [0.717, 1.165) is 26.6 Å². The third-order valence-corrected chi connectivity index (χ3v) is 7.06. The zero-order valence-corrected chi connectivity index (χ0v) is 19.4. The highest BCUT2D eigenvalue weighted by atomic mass is 79.9. The number of nitrogens with one attached hydrogen (secondary N) is 1. The largest absolute Gasteiger partial charge is 0.455 e. The number of hydrogen-bond acceptors (Lipinski definition) is 4. The van der Waals surface area contributed by atoms with Crippen LogP contribution in [0.2, 0.25) is 0 Å². The van der Waals surface area contributed by atoms with Crippen LogP contribution in [0.5, 0.6) is 0 Å². The Bertz CT molecular complexity index is 1040. The van der Waals surface area contributed by atoms with Crippen LogP contribution in [-0.4, -0.2) is 24.2 Å². The van der Waals surface area contributed by atoms with E-state index in [2.05, 4.69) is 35.1 Å². The van der Waals surface area contributed by atoms with Crippen molar-refractivity contribution < 1.29 is 14.3 Å². The Hall–Kier alpha value is -2.31. The van der Waals surface area contributed by atoms with Crippen LogP contribution in [0.3, 0.4) is 0 Å². The molecule has 3 rings (SSSR count). The number of rotatable bonds is 8. The van der Waals surface area contributed by atoms with E-state index in [1.807, 2.05) is 60.7 Å². The number of hydrogen-bond donors (Lipinski definition) is 1. The topological polar surface area (TPSA) is 55.4 Å². The van der Waals surface area contributed by atoms with Crippen molar-refractivity contribution in [1.82, 2.24) is 0 Å². The predicted octanol–water partition coefficient (Wildman–Crippen LogP) is 6.39. The molecule has 0 aromatic heterocycles. The fraction of sp³-hybridized carbons (Fsp3) is 0.250. The quantitative estimate of drug-likeness (QED) is 0.296. The van der Waals surface area contributed by atoms with Crippen LogP contribution in [0.15, 0.2) is 70.0 Å². The van der Waals surface area contributed by atoms with E-state index < -0.39 is 5.97 Å². The van der Waals surface area contributed by atoms with Gasteiger partial charge in [-0.25, -0.2) is 0 Å². The summed E-state index contributed by atoms with van der Waals surface area (Å²) in [5, 5.41) is 4.98. The lowest BCUT2D eigenvalue weighted by atomic mass is 9.99. The lowest BCUT2D eigenvalue weighted by Crippen LogP contribution is -2.21. The normalized spacial score (nSPS) is 11.8. The molecule has 0 radical (unpaired) electrons. The van der Waals surface area contributed by atoms with Gasteiger partial charge in [-0.2, -0.15) is 0 Å². The Morgan fingerprint density at radius 2 is 1.80 bits per heavy atom. The molecule has 1 N–H and O–H groups in total. The van der Waals surface area contributed by atoms with Gasteiger partial charge >= 0.3 is 5.97 Å². The third-order valence-electron chi connectivity index (χ3n) is 4.91. The van der Waals surface area contributed by atoms with Crippen molar-refractivity contribution >= 4 is 56.0 Å². The number of carbonyl (C=O) groups excluding carboxylic acids is 2. The van der Waals surface area contributed by atoms with Gasteiger partial charge in [-0.05, 0) is 62.8 Å². The molecule has 0 aliphatic heterocycles. The first kappa shape index (κ1) is 22.4. The van der Waals surface area contributed by atoms with E-state index in [0.29, 0.717) is 11.6 Å². The Balaban J connectivity index is 1.46. The molecule has 30 heavy (non-hydrogen) atoms. The van der Waals surface area contributed by atoms with E-state index >= 15 is 0 Å². The van der Waals surface area contributed by atoms with Gasteiger partial charge in [0.15, 0.2) is 6.61 Å². The van der Waals surface area contributed by atoms with Crippen molar-refractivity contribution in [2.24, 2.45) is 0 Å². The zero-order chi connectivity index (χ0) is 21.5. The van der Waals surface area contributed by atoms with E-state index in [9.17, 15) is 9.59 Å². The van der Waals surface area contributed by atoms with Crippen LogP contribution in [0.4, 0.5) is 5.69 Å². The number of halogens is 1. The van der Waals surface area contributed by atoms with Gasteiger partial charge in [-0.15, -0.1) is 11.8 Å². The fourth-order valence-corrected chi connectivity index (χ4v) is 4.57. The molecule has 0 fully saturated rings. The number of esters is 1. The van der Waals surface area contributed by atoms with Crippen molar-refractivity contribution in [1.29, 1.82) is 0 Å². The highest BCUT2D eigenvalue weighted by molar-refractivity contribution is 9.10. The SMILES string of the molecule is CC[C@@H](C)c1ccc(NC(=O)COC(=O)CSc2ccc3ccccc3c2Br)cc1. The van der Waals surface area contributed by atoms with Crippen LogP contribution < -0.4 is 5.32 Å². The number of fused-ring (bicyclic) bond motifs is 1. The standard InChI is InChI=1S/C24H24BrNO3S/c1-3-16(2)17-8-11-19(12-9-17)26-22(27)14-29-23(28)15-30-21-13-10-18-6-4-5-7-20(18)24(21)25/h4-13,16H,3,14-15H2,1-2H3,(H,26,27)/t16-/m1/s1. The summed E-state index contributed by atoms with van der Waals surface area (Å²) < 4.78 is 6.07. The Morgan fingerprint density at radius 1 is 1.07 bits per heavy atom. The van der Waals surface area contributed by atoms with Gasteiger partial charge < -0.3 is 10.1 Å². The summed E-state index contributed by atoms with van der Waals surface area (Å²) in [5.74, 6) is -0.164. The molecule has 0 aliphatic carbocycles. The first-order valence-electron chi connectivity index (χ1n) is 9.83. The van der Waals surface area contributed by atoms with Crippen LogP contribution >= 0.6 is 27.7 Å². The predicted molar refractivity (Wildman–Crippen MR) is 127 cm³/mol. The van der Waals surface area contributed by atoms with Crippen LogP contribution in [-0.2, 0) is 14.3 Å². The van der Waals surface area contributed by atoms with Crippen LogP contribution in [0.25, 0.3) is 10.8 Å². The van der Waals surface area contributed by atoms with Crippen molar-refractivity contribution in [3.63, 3.8) is 0 Å². The van der Waals surface area contributed by atoms with Crippen molar-refractivity contribution in [2.75, 3.05) is 17.7 Å². The third kappa shape index (κ3) is 5.86. The van der Waals surface area contributed by atoms with E-state index in [1.165, 1.54) is 17.3 Å². The summed E-state index contributed by atoms with van der Waals surface area (Å²) in [4.78, 5) is 25.1. The Morgan fingerprint density at radius 3 is 2.53 bits per heavy atom. The first-order chi connectivity index (χ1) is 14.5. The maximum Gasteiger partial charge on any atom is 0.316 e. The molecular formula is C24H24BrNO3S. The molecule has 1 atom stereocenters. The molecule has 6 heteroatoms. The van der Waals surface area contributed by atoms with Gasteiger partial charge in [0.25, 0.3) is 5.91 Å². The number of carbonyl (C=O) groups is 2. The maximum absolute atomic E-state index is 12.1. The number of amides is 1. The van der Waals surface area contributed by atoms with Crippen molar-refractivity contribution in [2.45, 2.75) is 31.1 Å². The summed E-state index contributed by atoms with van der Waals surface area (Å²) in [6.07, 6.45) is 1.06. The van der Waals surface area contributed by atoms with Crippen LogP contribution in [0, 0.1) is 0 Å². The molecule has 156 valence electrons. The molecule has 3 aromatic rings. The fourth-order valence-electron chi connectivity index (χ4n) is 2.98. The van der Waals surface area contributed by atoms with Gasteiger partial charge in [0.2, 0.25) is 0 Å². The molecule has 1 amide bonds. The average Bonchev–Trinajstić information content (AvgIpc) is 2.77. The molecule has 0 saturated carbocycles. The van der Waals surface area contributed by atoms with Crippen LogP contribution in [0.1, 0.15) is 31.7 Å². The lowest BCUT2D eigenvalue weighted by Gasteiger charge is -2.11. The molecule has 4 nitrogen and oxygen atoms in total. The molecule has 3 aromatic carbocycles. The van der Waals surface area contributed by atoms with Gasteiger partial charge in [-0.1, -0.05) is 56.3 Å². The number of benzene rings is 3. The van der Waals surface area contributed by atoms with E-state index in [4.69, 9.17) is 4.74 Å². The van der Waals surface area contributed by atoms with Gasteiger partial charge in [0, 0.05) is 15.1 Å². The summed E-state index contributed by atoms with van der Waals surface area (Å²) in [6.45, 7) is 4.01. The second-order valence-electron chi connectivity index (χ2n) is 7.03.